The van der Waals surface area contributed by atoms with Crippen molar-refractivity contribution in [3.8, 4) is 0 Å². The van der Waals surface area contributed by atoms with E-state index in [0.29, 0.717) is 19.4 Å². The number of nitrogens with zero attached hydrogens (tertiary/aromatic N) is 1. The number of benzene rings is 2. The molecular weight excluding hydrogens is 456 g/mol. The van der Waals surface area contributed by atoms with Crippen LogP contribution < -0.4 is 16.4 Å². The van der Waals surface area contributed by atoms with Crippen molar-refractivity contribution >= 4 is 28.5 Å². The number of fused-ring (bicyclic) bond motifs is 1. The zero-order valence-electron chi connectivity index (χ0n) is 20.8. The minimum Gasteiger partial charge on any atom is -0.390 e. The van der Waals surface area contributed by atoms with E-state index in [1.165, 1.54) is 0 Å². The molecule has 1 unspecified atom stereocenters. The predicted octanol–water partition coefficient (Wildman–Crippen LogP) is 1.87. The summed E-state index contributed by atoms with van der Waals surface area (Å²) in [7, 11) is 0. The number of carbonyl (C=O) groups is 3. The highest BCUT2D eigenvalue weighted by Gasteiger charge is 2.38. The number of rotatable bonds is 9. The van der Waals surface area contributed by atoms with Gasteiger partial charge in [0.1, 0.15) is 12.1 Å². The molecule has 0 spiro atoms. The number of aliphatic hydroxyl groups is 1. The van der Waals surface area contributed by atoms with Crippen LogP contribution in [0.4, 0.5) is 0 Å². The highest BCUT2D eigenvalue weighted by Crippen LogP contribution is 2.29. The number of nitrogens with two attached hydrogens (primary N) is 1. The molecule has 2 aromatic rings. The van der Waals surface area contributed by atoms with Gasteiger partial charge in [0.15, 0.2) is 0 Å². The summed E-state index contributed by atoms with van der Waals surface area (Å²) in [6, 6.07) is 12.6. The van der Waals surface area contributed by atoms with Crippen LogP contribution in [0.2, 0.25) is 0 Å². The van der Waals surface area contributed by atoms with Crippen molar-refractivity contribution in [2.24, 2.45) is 11.7 Å². The lowest BCUT2D eigenvalue weighted by Gasteiger charge is -2.31. The van der Waals surface area contributed by atoms with Crippen LogP contribution in [0.1, 0.15) is 50.5 Å². The number of amides is 3. The van der Waals surface area contributed by atoms with E-state index in [4.69, 9.17) is 5.73 Å². The Hall–Kier alpha value is -2.97. The Kier molecular flexibility index (Phi) is 8.93. The summed E-state index contributed by atoms with van der Waals surface area (Å²) in [5.41, 5.74) is 6.38. The van der Waals surface area contributed by atoms with Gasteiger partial charge in [0.25, 0.3) is 0 Å². The maximum atomic E-state index is 13.4. The minimum absolute atomic E-state index is 0.00148. The highest BCUT2D eigenvalue weighted by molar-refractivity contribution is 5.93. The summed E-state index contributed by atoms with van der Waals surface area (Å²) < 4.78 is 0. The van der Waals surface area contributed by atoms with E-state index in [1.807, 2.05) is 42.5 Å². The Labute approximate surface area is 212 Å². The van der Waals surface area contributed by atoms with Crippen molar-refractivity contribution in [1.82, 2.24) is 15.5 Å². The van der Waals surface area contributed by atoms with E-state index in [-0.39, 0.29) is 36.7 Å². The molecule has 0 bridgehead atoms. The summed E-state index contributed by atoms with van der Waals surface area (Å²) >= 11 is 0. The molecule has 3 atom stereocenters. The van der Waals surface area contributed by atoms with Gasteiger partial charge in [-0.05, 0) is 42.0 Å². The molecule has 2 aliphatic rings. The summed E-state index contributed by atoms with van der Waals surface area (Å²) in [5.74, 6) is -0.598. The zero-order valence-corrected chi connectivity index (χ0v) is 20.8. The first-order chi connectivity index (χ1) is 17.5. The molecule has 0 radical (unpaired) electrons. The average Bonchev–Trinajstić information content (AvgIpc) is 3.41. The molecule has 2 aromatic carbocycles. The number of hydrogen-bond acceptors (Lipinski definition) is 5. The Morgan fingerprint density at radius 1 is 1.00 bits per heavy atom. The number of hydrogen-bond donors (Lipinski definition) is 4. The maximum absolute atomic E-state index is 13.4. The number of carbonyl (C=O) groups excluding carboxylic acids is 3. The van der Waals surface area contributed by atoms with Gasteiger partial charge >= 0.3 is 0 Å². The summed E-state index contributed by atoms with van der Waals surface area (Å²) in [6.45, 7) is 0.620. The average molecular weight is 495 g/mol. The third-order valence-corrected chi connectivity index (χ3v) is 7.46. The van der Waals surface area contributed by atoms with Crippen molar-refractivity contribution in [3.05, 3.63) is 48.0 Å². The molecule has 2 fully saturated rings. The van der Waals surface area contributed by atoms with E-state index >= 15 is 0 Å². The zero-order chi connectivity index (χ0) is 25.5. The smallest absolute Gasteiger partial charge is 0.243 e. The largest absolute Gasteiger partial charge is 0.390 e. The van der Waals surface area contributed by atoms with Gasteiger partial charge < -0.3 is 26.4 Å². The van der Waals surface area contributed by atoms with E-state index in [2.05, 4.69) is 10.6 Å². The summed E-state index contributed by atoms with van der Waals surface area (Å²) in [6.07, 6.45) is 5.88. The second kappa shape index (κ2) is 12.3. The van der Waals surface area contributed by atoms with Gasteiger partial charge in [-0.25, -0.2) is 0 Å². The Bertz CT molecular complexity index is 1070. The first kappa shape index (κ1) is 26.1. The molecule has 4 rings (SSSR count). The standard InChI is InChI=1S/C28H38N4O4/c29-17-23(33)18-30-26(34)24(16-19-12-13-20-7-4-5-10-22(20)15-19)31-27(35)25-11-6-14-32(25)28(36)21-8-2-1-3-9-21/h4-5,7,10,12-13,15,21,23-25,33H,1-3,6,8-9,11,14,16-18,29H2,(H,30,34)(H,31,35)/t23?,24-,25+/m1/s1. The molecule has 1 saturated heterocycles. The molecule has 0 aromatic heterocycles. The topological polar surface area (TPSA) is 125 Å². The lowest BCUT2D eigenvalue weighted by molar-refractivity contribution is -0.143. The second-order valence-electron chi connectivity index (χ2n) is 10.1. The van der Waals surface area contributed by atoms with Gasteiger partial charge in [-0.3, -0.25) is 14.4 Å². The molecule has 8 nitrogen and oxygen atoms in total. The van der Waals surface area contributed by atoms with Gasteiger partial charge in [-0.2, -0.15) is 0 Å². The molecular formula is C28H38N4O4. The second-order valence-corrected chi connectivity index (χ2v) is 10.1. The Morgan fingerprint density at radius 3 is 2.50 bits per heavy atom. The number of aliphatic hydroxyl groups excluding tert-OH is 1. The molecule has 194 valence electrons. The van der Waals surface area contributed by atoms with Crippen molar-refractivity contribution in [2.75, 3.05) is 19.6 Å². The predicted molar refractivity (Wildman–Crippen MR) is 139 cm³/mol. The van der Waals surface area contributed by atoms with Crippen LogP contribution in [-0.2, 0) is 20.8 Å². The van der Waals surface area contributed by atoms with Gasteiger partial charge in [0, 0.05) is 32.0 Å². The molecule has 3 amide bonds. The quantitative estimate of drug-likeness (QED) is 0.424. The third kappa shape index (κ3) is 6.42. The normalized spacial score (nSPS) is 20.2. The summed E-state index contributed by atoms with van der Waals surface area (Å²) in [5, 5.41) is 17.6. The van der Waals surface area contributed by atoms with Crippen molar-refractivity contribution in [2.45, 2.75) is 69.6 Å². The molecule has 1 heterocycles. The van der Waals surface area contributed by atoms with Crippen LogP contribution in [0, 0.1) is 5.92 Å². The maximum Gasteiger partial charge on any atom is 0.243 e. The first-order valence-corrected chi connectivity index (χ1v) is 13.2. The Morgan fingerprint density at radius 2 is 1.75 bits per heavy atom. The fourth-order valence-corrected chi connectivity index (χ4v) is 5.39. The fourth-order valence-electron chi connectivity index (χ4n) is 5.39. The summed E-state index contributed by atoms with van der Waals surface area (Å²) in [4.78, 5) is 41.4. The van der Waals surface area contributed by atoms with Crippen LogP contribution in [0.25, 0.3) is 10.8 Å². The molecule has 5 N–H and O–H groups in total. The van der Waals surface area contributed by atoms with Crippen LogP contribution in [0.3, 0.4) is 0 Å². The van der Waals surface area contributed by atoms with Gasteiger partial charge in [-0.1, -0.05) is 61.7 Å². The molecule has 1 saturated carbocycles. The number of likely N-dealkylation sites (tertiary alicyclic amines) is 1. The van der Waals surface area contributed by atoms with Crippen molar-refractivity contribution in [1.29, 1.82) is 0 Å². The lowest BCUT2D eigenvalue weighted by Crippen LogP contribution is -2.55. The van der Waals surface area contributed by atoms with Crippen LogP contribution >= 0.6 is 0 Å². The SMILES string of the molecule is NCC(O)CNC(=O)[C@@H](Cc1ccc2ccccc2c1)NC(=O)[C@@H]1CCCN1C(=O)C1CCCCC1. The van der Waals surface area contributed by atoms with Crippen LogP contribution in [0.15, 0.2) is 42.5 Å². The third-order valence-electron chi connectivity index (χ3n) is 7.46. The van der Waals surface area contributed by atoms with E-state index < -0.39 is 18.2 Å². The van der Waals surface area contributed by atoms with Crippen LogP contribution in [0.5, 0.6) is 0 Å². The van der Waals surface area contributed by atoms with Gasteiger partial charge in [0.05, 0.1) is 6.10 Å². The van der Waals surface area contributed by atoms with Gasteiger partial charge in [0.2, 0.25) is 17.7 Å². The fraction of sp³-hybridized carbons (Fsp3) is 0.536. The lowest BCUT2D eigenvalue weighted by atomic mass is 9.88. The molecule has 1 aliphatic carbocycles. The van der Waals surface area contributed by atoms with Crippen LogP contribution in [-0.4, -0.2) is 65.5 Å². The molecule has 36 heavy (non-hydrogen) atoms. The monoisotopic (exact) mass is 494 g/mol. The Balaban J connectivity index is 1.48. The van der Waals surface area contributed by atoms with E-state index in [9.17, 15) is 19.5 Å². The first-order valence-electron chi connectivity index (χ1n) is 13.2. The van der Waals surface area contributed by atoms with Crippen molar-refractivity contribution in [3.63, 3.8) is 0 Å². The van der Waals surface area contributed by atoms with Crippen molar-refractivity contribution < 1.29 is 19.5 Å². The number of nitrogens with one attached hydrogen (secondary N) is 2. The highest BCUT2D eigenvalue weighted by atomic mass is 16.3. The molecule has 8 heteroatoms. The van der Waals surface area contributed by atoms with Gasteiger partial charge in [-0.15, -0.1) is 0 Å². The van der Waals surface area contributed by atoms with E-state index in [1.54, 1.807) is 4.90 Å². The minimum atomic E-state index is -0.857. The molecule has 1 aliphatic heterocycles. The van der Waals surface area contributed by atoms with E-state index in [0.717, 1.165) is 54.9 Å².